The highest BCUT2D eigenvalue weighted by Gasteiger charge is 2.13. The van der Waals surface area contributed by atoms with Crippen LogP contribution in [-0.4, -0.2) is 12.0 Å². The molecule has 0 aromatic heterocycles. The van der Waals surface area contributed by atoms with Crippen LogP contribution in [0.1, 0.15) is 16.7 Å². The van der Waals surface area contributed by atoms with Crippen LogP contribution in [0.3, 0.4) is 0 Å². The zero-order chi connectivity index (χ0) is 22.4. The summed E-state index contributed by atoms with van der Waals surface area (Å²) in [6, 6.07) is 19.1. The number of halogens is 2. The number of benzene rings is 3. The molecule has 0 bridgehead atoms. The lowest BCUT2D eigenvalue weighted by Crippen LogP contribution is -2.00. The Labute approximate surface area is 198 Å². The van der Waals surface area contributed by atoms with Gasteiger partial charge in [-0.3, -0.25) is 10.1 Å². The lowest BCUT2D eigenvalue weighted by atomic mass is 10.0. The fourth-order valence-electron chi connectivity index (χ4n) is 2.81. The molecule has 0 fully saturated rings. The number of nitriles is 1. The Hall–Kier alpha value is -3.09. The summed E-state index contributed by atoms with van der Waals surface area (Å²) in [4.78, 5) is 10.3. The van der Waals surface area contributed by atoms with Crippen molar-refractivity contribution in [2.75, 3.05) is 7.11 Å². The van der Waals surface area contributed by atoms with Crippen molar-refractivity contribution >= 4 is 51.5 Å². The van der Waals surface area contributed by atoms with Crippen molar-refractivity contribution in [3.05, 3.63) is 96.1 Å². The summed E-state index contributed by atoms with van der Waals surface area (Å²) in [5.74, 6) is 1.08. The number of nitro groups is 1. The van der Waals surface area contributed by atoms with Gasteiger partial charge in [0, 0.05) is 17.2 Å². The Morgan fingerprint density at radius 2 is 1.87 bits per heavy atom. The minimum Gasteiger partial charge on any atom is -0.493 e. The highest BCUT2D eigenvalue weighted by Crippen LogP contribution is 2.36. The molecule has 0 radical (unpaired) electrons. The van der Waals surface area contributed by atoms with Gasteiger partial charge >= 0.3 is 0 Å². The molecule has 0 N–H and O–H groups in total. The van der Waals surface area contributed by atoms with Crippen molar-refractivity contribution in [1.29, 1.82) is 5.26 Å². The van der Waals surface area contributed by atoms with Crippen molar-refractivity contribution in [2.24, 2.45) is 0 Å². The average molecular weight is 547 g/mol. The number of non-ortho nitro benzene ring substituents is 1. The van der Waals surface area contributed by atoms with E-state index in [0.29, 0.717) is 22.1 Å². The lowest BCUT2D eigenvalue weighted by Gasteiger charge is -2.14. The van der Waals surface area contributed by atoms with Gasteiger partial charge in [-0.15, -0.1) is 0 Å². The van der Waals surface area contributed by atoms with Gasteiger partial charge in [0.1, 0.15) is 6.61 Å². The zero-order valence-corrected chi connectivity index (χ0v) is 19.3. The number of methoxy groups -OCH3 is 1. The fourth-order valence-corrected chi connectivity index (χ4v) is 3.72. The molecule has 0 spiro atoms. The van der Waals surface area contributed by atoms with Crippen LogP contribution in [0.5, 0.6) is 11.5 Å². The van der Waals surface area contributed by atoms with Crippen LogP contribution in [0.4, 0.5) is 5.69 Å². The van der Waals surface area contributed by atoms with Gasteiger partial charge in [-0.2, -0.15) is 5.26 Å². The summed E-state index contributed by atoms with van der Waals surface area (Å²) >= 11 is 8.07. The van der Waals surface area contributed by atoms with Crippen molar-refractivity contribution < 1.29 is 14.4 Å². The Morgan fingerprint density at radius 3 is 2.45 bits per heavy atom. The van der Waals surface area contributed by atoms with Crippen LogP contribution < -0.4 is 9.47 Å². The molecule has 3 aromatic rings. The van der Waals surface area contributed by atoms with Gasteiger partial charge in [-0.25, -0.2) is 0 Å². The Morgan fingerprint density at radius 1 is 1.19 bits per heavy atom. The molecule has 8 heteroatoms. The van der Waals surface area contributed by atoms with Gasteiger partial charge in [0.15, 0.2) is 11.5 Å². The van der Waals surface area contributed by atoms with Crippen molar-refractivity contribution in [3.8, 4) is 17.6 Å². The predicted octanol–water partition coefficient (Wildman–Crippen LogP) is 6.50. The number of ether oxygens (including phenoxy) is 2. The first kappa shape index (κ1) is 22.6. The predicted molar refractivity (Wildman–Crippen MR) is 128 cm³/mol. The van der Waals surface area contributed by atoms with Gasteiger partial charge in [0.05, 0.1) is 27.2 Å². The smallest absolute Gasteiger partial charge is 0.269 e. The highest BCUT2D eigenvalue weighted by molar-refractivity contribution is 14.1. The summed E-state index contributed by atoms with van der Waals surface area (Å²) in [6.45, 7) is 0.230. The lowest BCUT2D eigenvalue weighted by molar-refractivity contribution is -0.384. The van der Waals surface area contributed by atoms with E-state index in [1.165, 1.54) is 12.1 Å². The molecule has 0 aliphatic carbocycles. The number of allylic oxidation sites excluding steroid dienone is 1. The van der Waals surface area contributed by atoms with Gasteiger partial charge in [0.25, 0.3) is 5.69 Å². The third-order valence-corrected chi connectivity index (χ3v) is 5.42. The molecule has 0 heterocycles. The standard InChI is InChI=1S/C23H16ClIN2O4/c1-30-22-12-16(10-18(13-26)17-4-6-19(24)7-5-17)11-21(25)23(22)31-14-15-2-8-20(9-3-15)27(28)29/h2-12H,14H2,1H3/b18-10-. The van der Waals surface area contributed by atoms with Crippen molar-refractivity contribution in [1.82, 2.24) is 0 Å². The molecule has 0 saturated heterocycles. The van der Waals surface area contributed by atoms with E-state index in [2.05, 4.69) is 28.7 Å². The van der Waals surface area contributed by atoms with Crippen molar-refractivity contribution in [3.63, 3.8) is 0 Å². The summed E-state index contributed by atoms with van der Waals surface area (Å²) < 4.78 is 12.2. The summed E-state index contributed by atoms with van der Waals surface area (Å²) in [5, 5.41) is 21.0. The minimum atomic E-state index is -0.442. The molecule has 0 unspecified atom stereocenters. The van der Waals surface area contributed by atoms with Gasteiger partial charge in [0.2, 0.25) is 0 Å². The first-order valence-corrected chi connectivity index (χ1v) is 10.5. The molecule has 156 valence electrons. The summed E-state index contributed by atoms with van der Waals surface area (Å²) in [7, 11) is 1.54. The number of hydrogen-bond donors (Lipinski definition) is 0. The SMILES string of the molecule is COc1cc(/C=C(/C#N)c2ccc(Cl)cc2)cc(I)c1OCc1ccc([N+](=O)[O-])cc1. The normalized spacial score (nSPS) is 11.0. The third-order valence-electron chi connectivity index (χ3n) is 4.37. The second-order valence-corrected chi connectivity index (χ2v) is 8.02. The van der Waals surface area contributed by atoms with Gasteiger partial charge in [-0.05, 0) is 81.8 Å². The van der Waals surface area contributed by atoms with Crippen LogP contribution >= 0.6 is 34.2 Å². The largest absolute Gasteiger partial charge is 0.493 e. The molecule has 31 heavy (non-hydrogen) atoms. The van der Waals surface area contributed by atoms with Gasteiger partial charge in [-0.1, -0.05) is 23.7 Å². The second-order valence-electron chi connectivity index (χ2n) is 6.42. The second kappa shape index (κ2) is 10.3. The van der Waals surface area contributed by atoms with E-state index in [1.54, 1.807) is 55.7 Å². The maximum Gasteiger partial charge on any atom is 0.269 e. The van der Waals surface area contributed by atoms with E-state index in [9.17, 15) is 15.4 Å². The van der Waals surface area contributed by atoms with E-state index < -0.39 is 4.92 Å². The Kier molecular flexibility index (Phi) is 7.50. The highest BCUT2D eigenvalue weighted by atomic mass is 127. The fraction of sp³-hybridized carbons (Fsp3) is 0.0870. The molecule has 0 aliphatic heterocycles. The topological polar surface area (TPSA) is 85.4 Å². The molecule has 6 nitrogen and oxygen atoms in total. The van der Waals surface area contributed by atoms with E-state index in [0.717, 1.165) is 20.3 Å². The molecular weight excluding hydrogens is 531 g/mol. The van der Waals surface area contributed by atoms with E-state index in [4.69, 9.17) is 21.1 Å². The van der Waals surface area contributed by atoms with E-state index >= 15 is 0 Å². The van der Waals surface area contributed by atoms with E-state index in [-0.39, 0.29) is 12.3 Å². The summed E-state index contributed by atoms with van der Waals surface area (Å²) in [6.07, 6.45) is 1.77. The first-order valence-electron chi connectivity index (χ1n) is 9.02. The minimum absolute atomic E-state index is 0.0287. The zero-order valence-electron chi connectivity index (χ0n) is 16.3. The number of hydrogen-bond acceptors (Lipinski definition) is 5. The van der Waals surface area contributed by atoms with Crippen molar-refractivity contribution in [2.45, 2.75) is 6.61 Å². The monoisotopic (exact) mass is 546 g/mol. The molecule has 3 rings (SSSR count). The van der Waals surface area contributed by atoms with E-state index in [1.807, 2.05) is 6.07 Å². The van der Waals surface area contributed by atoms with Crippen LogP contribution in [0, 0.1) is 25.0 Å². The van der Waals surface area contributed by atoms with Crippen LogP contribution in [-0.2, 0) is 6.61 Å². The number of nitro benzene ring substituents is 1. The van der Waals surface area contributed by atoms with Crippen LogP contribution in [0.25, 0.3) is 11.6 Å². The maximum atomic E-state index is 10.8. The molecule has 3 aromatic carbocycles. The van der Waals surface area contributed by atoms with Crippen LogP contribution in [0.2, 0.25) is 5.02 Å². The van der Waals surface area contributed by atoms with Crippen LogP contribution in [0.15, 0.2) is 60.7 Å². The Balaban J connectivity index is 1.84. The average Bonchev–Trinajstić information content (AvgIpc) is 2.77. The quantitative estimate of drug-likeness (QED) is 0.111. The maximum absolute atomic E-state index is 10.8. The molecule has 0 atom stereocenters. The molecular formula is C23H16ClIN2O4. The number of nitrogens with zero attached hydrogens (tertiary/aromatic N) is 2. The third kappa shape index (κ3) is 5.75. The summed E-state index contributed by atoms with van der Waals surface area (Å²) in [5.41, 5.74) is 2.87. The molecule has 0 saturated carbocycles. The van der Waals surface area contributed by atoms with Gasteiger partial charge < -0.3 is 9.47 Å². The molecule has 0 aliphatic rings. The Bertz CT molecular complexity index is 1170. The number of rotatable bonds is 7. The molecule has 0 amide bonds. The first-order chi connectivity index (χ1) is 14.9.